The van der Waals surface area contributed by atoms with Crippen molar-refractivity contribution in [3.8, 4) is 0 Å². The molecule has 0 bridgehead atoms. The lowest BCUT2D eigenvalue weighted by Crippen LogP contribution is -2.18. The number of ether oxygens (including phenoxy) is 1. The maximum absolute atomic E-state index is 12.8. The molecule has 3 heterocycles. The lowest BCUT2D eigenvalue weighted by atomic mass is 10.1. The van der Waals surface area contributed by atoms with E-state index in [0.717, 1.165) is 17.3 Å². The largest absolute Gasteiger partial charge is 0.417 e. The zero-order valence-corrected chi connectivity index (χ0v) is 12.8. The van der Waals surface area contributed by atoms with Gasteiger partial charge in [0, 0.05) is 23.9 Å². The number of rotatable bonds is 2. The number of carbonyl (C=O) groups is 1. The lowest BCUT2D eigenvalue weighted by molar-refractivity contribution is -0.137. The third kappa shape index (κ3) is 3.38. The van der Waals surface area contributed by atoms with Crippen LogP contribution in [0.25, 0.3) is 0 Å². The molecule has 0 aliphatic carbocycles. The molecule has 126 valence electrons. The number of aromatic nitrogens is 2. The van der Waals surface area contributed by atoms with Crippen molar-refractivity contribution < 1.29 is 22.7 Å². The van der Waals surface area contributed by atoms with E-state index in [4.69, 9.17) is 4.74 Å². The van der Waals surface area contributed by atoms with Crippen LogP contribution in [-0.2, 0) is 23.9 Å². The van der Waals surface area contributed by atoms with Crippen molar-refractivity contribution in [3.05, 3.63) is 52.6 Å². The molecule has 8 heteroatoms. The van der Waals surface area contributed by atoms with Gasteiger partial charge in [-0.2, -0.15) is 13.2 Å². The summed E-state index contributed by atoms with van der Waals surface area (Å²) in [5.74, 6) is -0.662. The van der Waals surface area contributed by atoms with Gasteiger partial charge in [-0.15, -0.1) is 0 Å². The first-order valence-electron chi connectivity index (χ1n) is 7.25. The van der Waals surface area contributed by atoms with Crippen LogP contribution < -0.4 is 5.32 Å². The average molecular weight is 337 g/mol. The maximum Gasteiger partial charge on any atom is 0.417 e. The summed E-state index contributed by atoms with van der Waals surface area (Å²) in [5.41, 5.74) is 1.29. The molecule has 0 saturated heterocycles. The van der Waals surface area contributed by atoms with Crippen LogP contribution in [0.4, 0.5) is 18.9 Å². The summed E-state index contributed by atoms with van der Waals surface area (Å²) >= 11 is 0. The summed E-state index contributed by atoms with van der Waals surface area (Å²) in [6.45, 7) is 2.48. The SMILES string of the molecule is Cc1ncc(C(F)(F)F)cc1C(=O)Nc1cnc2c(c1)COCC2. The molecule has 0 saturated carbocycles. The first-order valence-corrected chi connectivity index (χ1v) is 7.25. The number of nitrogens with zero attached hydrogens (tertiary/aromatic N) is 2. The Kier molecular flexibility index (Phi) is 4.23. The molecule has 1 aliphatic heterocycles. The average Bonchev–Trinajstić information content (AvgIpc) is 2.54. The van der Waals surface area contributed by atoms with E-state index in [9.17, 15) is 18.0 Å². The van der Waals surface area contributed by atoms with Crippen LogP contribution in [0.3, 0.4) is 0 Å². The molecule has 1 amide bonds. The van der Waals surface area contributed by atoms with Crippen molar-refractivity contribution in [2.75, 3.05) is 11.9 Å². The number of nitrogens with one attached hydrogen (secondary N) is 1. The number of carbonyl (C=O) groups excluding carboxylic acids is 1. The summed E-state index contributed by atoms with van der Waals surface area (Å²) in [5, 5.41) is 2.56. The zero-order chi connectivity index (χ0) is 17.3. The van der Waals surface area contributed by atoms with Crippen molar-refractivity contribution in [1.82, 2.24) is 9.97 Å². The number of amides is 1. The highest BCUT2D eigenvalue weighted by molar-refractivity contribution is 6.05. The zero-order valence-electron chi connectivity index (χ0n) is 12.8. The lowest BCUT2D eigenvalue weighted by Gasteiger charge is -2.16. The fraction of sp³-hybridized carbons (Fsp3) is 0.312. The van der Waals surface area contributed by atoms with Gasteiger partial charge in [0.25, 0.3) is 5.91 Å². The summed E-state index contributed by atoms with van der Waals surface area (Å²) in [6, 6.07) is 2.52. The molecule has 0 radical (unpaired) electrons. The van der Waals surface area contributed by atoms with Crippen molar-refractivity contribution >= 4 is 11.6 Å². The summed E-state index contributed by atoms with van der Waals surface area (Å²) in [6.07, 6.45) is -1.66. The minimum absolute atomic E-state index is 0.126. The molecule has 0 unspecified atom stereocenters. The van der Waals surface area contributed by atoms with Crippen molar-refractivity contribution in [3.63, 3.8) is 0 Å². The Labute approximate surface area is 135 Å². The number of hydrogen-bond donors (Lipinski definition) is 1. The van der Waals surface area contributed by atoms with Crippen LogP contribution in [-0.4, -0.2) is 22.5 Å². The Morgan fingerprint density at radius 2 is 2.04 bits per heavy atom. The second-order valence-corrected chi connectivity index (χ2v) is 5.44. The van der Waals surface area contributed by atoms with Crippen molar-refractivity contribution in [1.29, 1.82) is 0 Å². The Morgan fingerprint density at radius 3 is 2.79 bits per heavy atom. The van der Waals surface area contributed by atoms with Gasteiger partial charge in [0.2, 0.25) is 0 Å². The topological polar surface area (TPSA) is 64.1 Å². The van der Waals surface area contributed by atoms with Crippen LogP contribution in [0.2, 0.25) is 0 Å². The molecule has 24 heavy (non-hydrogen) atoms. The molecule has 1 N–H and O–H groups in total. The van der Waals surface area contributed by atoms with E-state index in [1.807, 2.05) is 0 Å². The molecular formula is C16H14F3N3O2. The van der Waals surface area contributed by atoms with E-state index in [1.165, 1.54) is 13.1 Å². The normalized spacial score (nSPS) is 14.2. The van der Waals surface area contributed by atoms with E-state index in [-0.39, 0.29) is 11.3 Å². The highest BCUT2D eigenvalue weighted by Gasteiger charge is 2.32. The molecule has 5 nitrogen and oxygen atoms in total. The third-order valence-electron chi connectivity index (χ3n) is 3.72. The van der Waals surface area contributed by atoms with Gasteiger partial charge in [-0.25, -0.2) is 0 Å². The molecule has 2 aromatic heterocycles. The standard InChI is InChI=1S/C16H14F3N3O2/c1-9-13(5-11(6-20-9)16(17,18)19)15(23)22-12-4-10-8-24-3-2-14(10)21-7-12/h4-7H,2-3,8H2,1H3,(H,22,23). The van der Waals surface area contributed by atoms with E-state index in [0.29, 0.717) is 31.5 Å². The number of aryl methyl sites for hydroxylation is 1. The van der Waals surface area contributed by atoms with Gasteiger partial charge in [-0.1, -0.05) is 0 Å². The van der Waals surface area contributed by atoms with Crippen molar-refractivity contribution in [2.45, 2.75) is 26.1 Å². The van der Waals surface area contributed by atoms with Gasteiger partial charge in [-0.3, -0.25) is 14.8 Å². The van der Waals surface area contributed by atoms with E-state index < -0.39 is 17.6 Å². The highest BCUT2D eigenvalue weighted by Crippen LogP contribution is 2.30. The second-order valence-electron chi connectivity index (χ2n) is 5.44. The van der Waals surface area contributed by atoms with Crippen LogP contribution >= 0.6 is 0 Å². The predicted molar refractivity (Wildman–Crippen MR) is 79.5 cm³/mol. The second kappa shape index (κ2) is 6.20. The quantitative estimate of drug-likeness (QED) is 0.914. The van der Waals surface area contributed by atoms with Crippen molar-refractivity contribution in [2.24, 2.45) is 0 Å². The van der Waals surface area contributed by atoms with E-state index >= 15 is 0 Å². The minimum Gasteiger partial charge on any atom is -0.376 e. The van der Waals surface area contributed by atoms with Gasteiger partial charge in [-0.05, 0) is 19.1 Å². The number of hydrogen-bond acceptors (Lipinski definition) is 4. The molecule has 1 aliphatic rings. The van der Waals surface area contributed by atoms with Crippen LogP contribution in [0.5, 0.6) is 0 Å². The Hall–Kier alpha value is -2.48. The summed E-state index contributed by atoms with van der Waals surface area (Å²) in [7, 11) is 0. The Bertz CT molecular complexity index is 791. The number of halogens is 3. The fourth-order valence-corrected chi connectivity index (χ4v) is 2.42. The van der Waals surface area contributed by atoms with E-state index in [2.05, 4.69) is 15.3 Å². The van der Waals surface area contributed by atoms with Crippen LogP contribution in [0.15, 0.2) is 24.5 Å². The van der Waals surface area contributed by atoms with E-state index in [1.54, 1.807) is 6.07 Å². The van der Waals surface area contributed by atoms with Gasteiger partial charge < -0.3 is 10.1 Å². The molecule has 0 aromatic carbocycles. The number of anilines is 1. The fourth-order valence-electron chi connectivity index (χ4n) is 2.42. The molecule has 2 aromatic rings. The van der Waals surface area contributed by atoms with Gasteiger partial charge in [0.1, 0.15) is 0 Å². The predicted octanol–water partition coefficient (Wildman–Crippen LogP) is 3.13. The monoisotopic (exact) mass is 337 g/mol. The summed E-state index contributed by atoms with van der Waals surface area (Å²) < 4.78 is 43.7. The van der Waals surface area contributed by atoms with Gasteiger partial charge >= 0.3 is 6.18 Å². The molecular weight excluding hydrogens is 323 g/mol. The first-order chi connectivity index (χ1) is 11.3. The van der Waals surface area contributed by atoms with Crippen LogP contribution in [0, 0.1) is 6.92 Å². The van der Waals surface area contributed by atoms with Gasteiger partial charge in [0.15, 0.2) is 0 Å². The first kappa shape index (κ1) is 16.4. The molecule has 0 atom stereocenters. The number of fused-ring (bicyclic) bond motifs is 1. The minimum atomic E-state index is -4.56. The molecule has 0 fully saturated rings. The van der Waals surface area contributed by atoms with Crippen LogP contribution in [0.1, 0.15) is 32.9 Å². The molecule has 3 rings (SSSR count). The molecule has 0 spiro atoms. The highest BCUT2D eigenvalue weighted by atomic mass is 19.4. The Morgan fingerprint density at radius 1 is 1.25 bits per heavy atom. The third-order valence-corrected chi connectivity index (χ3v) is 3.72. The summed E-state index contributed by atoms with van der Waals surface area (Å²) in [4.78, 5) is 20.2. The maximum atomic E-state index is 12.8. The number of alkyl halides is 3. The Balaban J connectivity index is 1.85. The van der Waals surface area contributed by atoms with Gasteiger partial charge in [0.05, 0.1) is 41.9 Å². The number of pyridine rings is 2. The smallest absolute Gasteiger partial charge is 0.376 e.